The fraction of sp³-hybridized carbons (Fsp3) is 0.346. The van der Waals surface area contributed by atoms with Gasteiger partial charge in [0.15, 0.2) is 5.69 Å². The summed E-state index contributed by atoms with van der Waals surface area (Å²) < 4.78 is 12.1. The third-order valence-electron chi connectivity index (χ3n) is 5.49. The van der Waals surface area contributed by atoms with Crippen LogP contribution in [0.1, 0.15) is 30.4 Å². The lowest BCUT2D eigenvalue weighted by Crippen LogP contribution is -2.42. The van der Waals surface area contributed by atoms with Crippen molar-refractivity contribution < 1.29 is 14.3 Å². The molecule has 1 amide bonds. The molecule has 0 saturated heterocycles. The number of aromatic nitrogens is 2. The predicted octanol–water partition coefficient (Wildman–Crippen LogP) is 2.70. The Bertz CT molecular complexity index is 1240. The molecule has 9 heteroatoms. The molecule has 0 spiro atoms. The molecule has 1 aromatic heterocycles. The molecule has 186 valence electrons. The van der Waals surface area contributed by atoms with E-state index in [0.717, 1.165) is 16.9 Å². The summed E-state index contributed by atoms with van der Waals surface area (Å²) in [6, 6.07) is 17.0. The van der Waals surface area contributed by atoms with Gasteiger partial charge < -0.3 is 20.1 Å². The molecule has 2 aromatic carbocycles. The van der Waals surface area contributed by atoms with Gasteiger partial charge >= 0.3 is 5.69 Å². The maximum atomic E-state index is 13.2. The minimum absolute atomic E-state index is 0.0266. The smallest absolute Gasteiger partial charge is 0.330 e. The highest BCUT2D eigenvalue weighted by molar-refractivity contribution is 5.95. The number of methoxy groups -OCH3 is 1. The number of nitrogens with zero attached hydrogens (tertiary/aromatic N) is 2. The van der Waals surface area contributed by atoms with E-state index in [9.17, 15) is 14.4 Å². The number of amides is 1. The average molecular weight is 481 g/mol. The Morgan fingerprint density at radius 1 is 1.06 bits per heavy atom. The summed E-state index contributed by atoms with van der Waals surface area (Å²) >= 11 is 0. The zero-order valence-electron chi connectivity index (χ0n) is 20.2. The average Bonchev–Trinajstić information content (AvgIpc) is 2.84. The number of nitrogens with two attached hydrogens (primary N) is 1. The molecule has 35 heavy (non-hydrogen) atoms. The number of aryl methyl sites for hydroxylation is 1. The van der Waals surface area contributed by atoms with E-state index in [1.54, 1.807) is 7.11 Å². The predicted molar refractivity (Wildman–Crippen MR) is 136 cm³/mol. The molecule has 3 aromatic rings. The first-order valence-electron chi connectivity index (χ1n) is 11.6. The van der Waals surface area contributed by atoms with Gasteiger partial charge in [0.1, 0.15) is 11.6 Å². The van der Waals surface area contributed by atoms with Crippen LogP contribution in [0.5, 0.6) is 5.75 Å². The minimum atomic E-state index is -0.696. The summed E-state index contributed by atoms with van der Waals surface area (Å²) in [5, 5.41) is 0. The second-order valence-electron chi connectivity index (χ2n) is 8.23. The second kappa shape index (κ2) is 12.6. The molecule has 0 fully saturated rings. The molecule has 3 N–H and O–H groups in total. The van der Waals surface area contributed by atoms with Crippen LogP contribution in [0.25, 0.3) is 0 Å². The van der Waals surface area contributed by atoms with Crippen molar-refractivity contribution in [3.63, 3.8) is 0 Å². The molecule has 0 aliphatic carbocycles. The Morgan fingerprint density at radius 2 is 1.83 bits per heavy atom. The highest BCUT2D eigenvalue weighted by Crippen LogP contribution is 2.20. The minimum Gasteiger partial charge on any atom is -0.494 e. The summed E-state index contributed by atoms with van der Waals surface area (Å²) in [7, 11) is 1.57. The number of hydrogen-bond acceptors (Lipinski definition) is 6. The Balaban J connectivity index is 1.79. The summed E-state index contributed by atoms with van der Waals surface area (Å²) in [6.45, 7) is 3.12. The van der Waals surface area contributed by atoms with E-state index < -0.39 is 11.2 Å². The quantitative estimate of drug-likeness (QED) is 0.385. The Kier molecular flexibility index (Phi) is 9.25. The first-order chi connectivity index (χ1) is 16.9. The van der Waals surface area contributed by atoms with Crippen LogP contribution in [-0.4, -0.2) is 42.3 Å². The summed E-state index contributed by atoms with van der Waals surface area (Å²) in [5.74, 6) is 0.406. The van der Waals surface area contributed by atoms with Crippen LogP contribution in [-0.2, 0) is 16.1 Å². The number of carbonyl (C=O) groups is 1. The fourth-order valence-corrected chi connectivity index (χ4v) is 3.74. The standard InChI is InChI=1S/C26H32N4O5/c1-19-9-6-12-21(17-19)35-16-7-13-22(31)29(14-8-15-34-2)23-24(27)30(26(33)28-25(23)32)18-20-10-4-3-5-11-20/h3-6,9-12,17H,7-8,13-16,18,27H2,1-2H3,(H,28,32,33). The zero-order chi connectivity index (χ0) is 25.2. The molecule has 0 aliphatic rings. The van der Waals surface area contributed by atoms with E-state index in [0.29, 0.717) is 26.1 Å². The van der Waals surface area contributed by atoms with E-state index in [4.69, 9.17) is 15.2 Å². The van der Waals surface area contributed by atoms with E-state index in [2.05, 4.69) is 4.98 Å². The number of aromatic amines is 1. The van der Waals surface area contributed by atoms with Gasteiger partial charge in [-0.1, -0.05) is 42.5 Å². The lowest BCUT2D eigenvalue weighted by atomic mass is 10.2. The topological polar surface area (TPSA) is 120 Å². The molecule has 0 atom stereocenters. The van der Waals surface area contributed by atoms with Gasteiger partial charge in [-0.25, -0.2) is 4.79 Å². The number of anilines is 2. The number of carbonyl (C=O) groups excluding carboxylic acids is 1. The molecular weight excluding hydrogens is 448 g/mol. The van der Waals surface area contributed by atoms with Crippen LogP contribution in [0.15, 0.2) is 64.2 Å². The number of hydrogen-bond donors (Lipinski definition) is 2. The van der Waals surface area contributed by atoms with Crippen molar-refractivity contribution in [2.45, 2.75) is 32.7 Å². The molecule has 0 unspecified atom stereocenters. The van der Waals surface area contributed by atoms with Gasteiger partial charge in [0.05, 0.1) is 13.2 Å². The van der Waals surface area contributed by atoms with Gasteiger partial charge in [-0.2, -0.15) is 0 Å². The van der Waals surface area contributed by atoms with Gasteiger partial charge in [0, 0.05) is 26.7 Å². The first kappa shape index (κ1) is 25.8. The van der Waals surface area contributed by atoms with Crippen molar-refractivity contribution in [1.29, 1.82) is 0 Å². The van der Waals surface area contributed by atoms with Gasteiger partial charge in [-0.05, 0) is 43.0 Å². The normalized spacial score (nSPS) is 10.8. The number of ether oxygens (including phenoxy) is 2. The van der Waals surface area contributed by atoms with Crippen LogP contribution < -0.4 is 26.6 Å². The lowest BCUT2D eigenvalue weighted by molar-refractivity contribution is -0.118. The maximum absolute atomic E-state index is 13.2. The summed E-state index contributed by atoms with van der Waals surface area (Å²) in [4.78, 5) is 42.2. The van der Waals surface area contributed by atoms with Crippen molar-refractivity contribution in [3.05, 3.63) is 86.6 Å². The Labute approximate surface area is 204 Å². The Morgan fingerprint density at radius 3 is 2.54 bits per heavy atom. The first-order valence-corrected chi connectivity index (χ1v) is 11.6. The van der Waals surface area contributed by atoms with Crippen LogP contribution in [0.4, 0.5) is 11.5 Å². The molecule has 0 saturated carbocycles. The third-order valence-corrected chi connectivity index (χ3v) is 5.49. The van der Waals surface area contributed by atoms with E-state index >= 15 is 0 Å². The van der Waals surface area contributed by atoms with Crippen molar-refractivity contribution >= 4 is 17.4 Å². The van der Waals surface area contributed by atoms with Gasteiger partial charge in [-0.3, -0.25) is 19.1 Å². The molecular formula is C26H32N4O5. The van der Waals surface area contributed by atoms with Crippen molar-refractivity contribution in [2.24, 2.45) is 0 Å². The number of nitrogen functional groups attached to an aromatic ring is 1. The van der Waals surface area contributed by atoms with Crippen LogP contribution in [0.3, 0.4) is 0 Å². The number of benzene rings is 2. The molecule has 1 heterocycles. The van der Waals surface area contributed by atoms with Gasteiger partial charge in [0.2, 0.25) is 5.91 Å². The van der Waals surface area contributed by atoms with Gasteiger partial charge in [-0.15, -0.1) is 0 Å². The van der Waals surface area contributed by atoms with Crippen molar-refractivity contribution in [2.75, 3.05) is 37.5 Å². The maximum Gasteiger partial charge on any atom is 0.330 e. The van der Waals surface area contributed by atoms with E-state index in [-0.39, 0.29) is 36.9 Å². The molecule has 0 bridgehead atoms. The number of nitrogens with one attached hydrogen (secondary N) is 1. The van der Waals surface area contributed by atoms with Crippen molar-refractivity contribution in [1.82, 2.24) is 9.55 Å². The number of rotatable bonds is 12. The molecule has 0 aliphatic heterocycles. The molecule has 0 radical (unpaired) electrons. The summed E-state index contributed by atoms with van der Waals surface area (Å²) in [6.07, 6.45) is 1.10. The zero-order valence-corrected chi connectivity index (χ0v) is 20.2. The Hall–Kier alpha value is -3.85. The van der Waals surface area contributed by atoms with Crippen LogP contribution in [0.2, 0.25) is 0 Å². The number of H-pyrrole nitrogens is 1. The van der Waals surface area contributed by atoms with Crippen LogP contribution >= 0.6 is 0 Å². The highest BCUT2D eigenvalue weighted by atomic mass is 16.5. The third kappa shape index (κ3) is 7.07. The van der Waals surface area contributed by atoms with Gasteiger partial charge in [0.25, 0.3) is 5.56 Å². The van der Waals surface area contributed by atoms with E-state index in [1.807, 2.05) is 61.5 Å². The second-order valence-corrected chi connectivity index (χ2v) is 8.23. The SMILES string of the molecule is COCCCN(C(=O)CCCOc1cccc(C)c1)c1c(N)n(Cc2ccccc2)c(=O)[nH]c1=O. The summed E-state index contributed by atoms with van der Waals surface area (Å²) in [5.41, 5.74) is 6.89. The molecule has 3 rings (SSSR count). The van der Waals surface area contributed by atoms with E-state index in [1.165, 1.54) is 9.47 Å². The van der Waals surface area contributed by atoms with Crippen molar-refractivity contribution in [3.8, 4) is 5.75 Å². The fourth-order valence-electron chi connectivity index (χ4n) is 3.74. The highest BCUT2D eigenvalue weighted by Gasteiger charge is 2.24. The lowest BCUT2D eigenvalue weighted by Gasteiger charge is -2.24. The largest absolute Gasteiger partial charge is 0.494 e. The van der Waals surface area contributed by atoms with Crippen LogP contribution in [0, 0.1) is 6.92 Å². The monoisotopic (exact) mass is 480 g/mol. The molecule has 9 nitrogen and oxygen atoms in total.